The van der Waals surface area contributed by atoms with Gasteiger partial charge in [-0.1, -0.05) is 60.7 Å². The first kappa shape index (κ1) is 17.6. The van der Waals surface area contributed by atoms with E-state index in [1.807, 2.05) is 73.7 Å². The Morgan fingerprint density at radius 3 is 2.50 bits per heavy atom. The van der Waals surface area contributed by atoms with Gasteiger partial charge in [0.1, 0.15) is 6.73 Å². The molecule has 1 amide bonds. The Morgan fingerprint density at radius 2 is 1.81 bits per heavy atom. The number of hydrogen-bond donors (Lipinski definition) is 1. The van der Waals surface area contributed by atoms with Gasteiger partial charge in [0.2, 0.25) is 0 Å². The molecule has 3 aromatic rings. The summed E-state index contributed by atoms with van der Waals surface area (Å²) in [6.07, 6.45) is 5.25. The number of ether oxygens (including phenoxy) is 1. The lowest BCUT2D eigenvalue weighted by molar-refractivity contribution is -0.111. The molecule has 0 spiro atoms. The number of nitrogens with one attached hydrogen (secondary N) is 1. The molecule has 0 unspecified atom stereocenters. The second kappa shape index (κ2) is 8.78. The molecule has 0 bridgehead atoms. The van der Waals surface area contributed by atoms with Crippen LogP contribution in [0.2, 0.25) is 0 Å². The fraction of sp³-hybridized carbons (Fsp3) is 0.143. The standard InChI is InChI=1S/C21H21N3O2/c1-2-26-16-24-15-19(14-22-24)23-21(25)20(18-11-7-4-8-12-18)13-17-9-5-3-6-10-17/h3-15H,2,16H2,1H3,(H,23,25)/b20-13-. The molecule has 1 aromatic heterocycles. The number of nitrogens with zero attached hydrogens (tertiary/aromatic N) is 2. The van der Waals surface area contributed by atoms with Crippen molar-refractivity contribution in [3.05, 3.63) is 84.2 Å². The van der Waals surface area contributed by atoms with E-state index in [4.69, 9.17) is 4.74 Å². The number of aromatic nitrogens is 2. The van der Waals surface area contributed by atoms with E-state index in [2.05, 4.69) is 10.4 Å². The maximum absolute atomic E-state index is 12.9. The number of rotatable bonds is 7. The van der Waals surface area contributed by atoms with E-state index in [1.165, 1.54) is 0 Å². The quantitative estimate of drug-likeness (QED) is 0.518. The lowest BCUT2D eigenvalue weighted by Gasteiger charge is -2.08. The van der Waals surface area contributed by atoms with Crippen LogP contribution in [0.5, 0.6) is 0 Å². The van der Waals surface area contributed by atoms with Crippen molar-refractivity contribution in [2.24, 2.45) is 0 Å². The molecule has 5 nitrogen and oxygen atoms in total. The number of hydrogen-bond acceptors (Lipinski definition) is 3. The maximum Gasteiger partial charge on any atom is 0.256 e. The number of anilines is 1. The van der Waals surface area contributed by atoms with Crippen LogP contribution in [-0.2, 0) is 16.3 Å². The summed E-state index contributed by atoms with van der Waals surface area (Å²) < 4.78 is 6.95. The average molecular weight is 347 g/mol. The predicted molar refractivity (Wildman–Crippen MR) is 103 cm³/mol. The molecule has 0 aliphatic heterocycles. The van der Waals surface area contributed by atoms with Crippen LogP contribution in [-0.4, -0.2) is 22.3 Å². The molecular formula is C21H21N3O2. The molecule has 132 valence electrons. The van der Waals surface area contributed by atoms with Crippen molar-refractivity contribution in [1.82, 2.24) is 9.78 Å². The van der Waals surface area contributed by atoms with E-state index in [9.17, 15) is 4.79 Å². The highest BCUT2D eigenvalue weighted by Gasteiger charge is 2.13. The monoisotopic (exact) mass is 347 g/mol. The van der Waals surface area contributed by atoms with Gasteiger partial charge in [-0.3, -0.25) is 4.79 Å². The van der Waals surface area contributed by atoms with E-state index >= 15 is 0 Å². The van der Waals surface area contributed by atoms with E-state index in [-0.39, 0.29) is 5.91 Å². The van der Waals surface area contributed by atoms with Crippen molar-refractivity contribution in [1.29, 1.82) is 0 Å². The van der Waals surface area contributed by atoms with Gasteiger partial charge in [0.15, 0.2) is 0 Å². The molecule has 5 heteroatoms. The van der Waals surface area contributed by atoms with Gasteiger partial charge in [-0.05, 0) is 24.1 Å². The molecule has 2 aromatic carbocycles. The largest absolute Gasteiger partial charge is 0.360 e. The number of benzene rings is 2. The summed E-state index contributed by atoms with van der Waals surface area (Å²) in [6.45, 7) is 2.89. The van der Waals surface area contributed by atoms with Gasteiger partial charge in [-0.25, -0.2) is 4.68 Å². The second-order valence-electron chi connectivity index (χ2n) is 5.68. The second-order valence-corrected chi connectivity index (χ2v) is 5.68. The van der Waals surface area contributed by atoms with E-state index in [0.717, 1.165) is 11.1 Å². The molecule has 0 radical (unpaired) electrons. The fourth-order valence-corrected chi connectivity index (χ4v) is 2.50. The zero-order chi connectivity index (χ0) is 18.2. The van der Waals surface area contributed by atoms with Crippen LogP contribution in [0, 0.1) is 0 Å². The van der Waals surface area contributed by atoms with E-state index in [0.29, 0.717) is 24.6 Å². The molecular weight excluding hydrogens is 326 g/mol. The van der Waals surface area contributed by atoms with Gasteiger partial charge in [-0.15, -0.1) is 0 Å². The number of carbonyl (C=O) groups is 1. The highest BCUT2D eigenvalue weighted by atomic mass is 16.5. The van der Waals surface area contributed by atoms with Crippen LogP contribution in [0.1, 0.15) is 18.1 Å². The molecule has 26 heavy (non-hydrogen) atoms. The third-order valence-corrected chi connectivity index (χ3v) is 3.76. The minimum absolute atomic E-state index is 0.184. The van der Waals surface area contributed by atoms with Crippen LogP contribution >= 0.6 is 0 Å². The Morgan fingerprint density at radius 1 is 1.12 bits per heavy atom. The first-order valence-electron chi connectivity index (χ1n) is 8.50. The summed E-state index contributed by atoms with van der Waals surface area (Å²) in [7, 11) is 0. The zero-order valence-corrected chi connectivity index (χ0v) is 14.6. The Kier molecular flexibility index (Phi) is 5.96. The highest BCUT2D eigenvalue weighted by molar-refractivity contribution is 6.29. The first-order valence-corrected chi connectivity index (χ1v) is 8.50. The molecule has 0 saturated carbocycles. The molecule has 0 aliphatic carbocycles. The van der Waals surface area contributed by atoms with Crippen molar-refractivity contribution >= 4 is 23.2 Å². The van der Waals surface area contributed by atoms with Gasteiger partial charge in [-0.2, -0.15) is 5.10 Å². The van der Waals surface area contributed by atoms with Crippen LogP contribution < -0.4 is 5.32 Å². The average Bonchev–Trinajstić information content (AvgIpc) is 3.13. The van der Waals surface area contributed by atoms with Crippen molar-refractivity contribution in [2.45, 2.75) is 13.7 Å². The molecule has 3 rings (SSSR count). The lowest BCUT2D eigenvalue weighted by Crippen LogP contribution is -2.13. The predicted octanol–water partition coefficient (Wildman–Crippen LogP) is 4.06. The summed E-state index contributed by atoms with van der Waals surface area (Å²) in [5, 5.41) is 7.09. The SMILES string of the molecule is CCOCn1cc(NC(=O)/C(=C\c2ccccc2)c2ccccc2)cn1. The normalized spacial score (nSPS) is 11.3. The minimum Gasteiger partial charge on any atom is -0.360 e. The Hall–Kier alpha value is -3.18. The van der Waals surface area contributed by atoms with Crippen LogP contribution in [0.15, 0.2) is 73.1 Å². The Bertz CT molecular complexity index is 871. The summed E-state index contributed by atoms with van der Waals surface area (Å²) in [5.41, 5.74) is 3.04. The molecule has 0 fully saturated rings. The third-order valence-electron chi connectivity index (χ3n) is 3.76. The van der Waals surface area contributed by atoms with E-state index in [1.54, 1.807) is 17.1 Å². The van der Waals surface area contributed by atoms with Crippen LogP contribution in [0.3, 0.4) is 0 Å². The van der Waals surface area contributed by atoms with Crippen LogP contribution in [0.4, 0.5) is 5.69 Å². The van der Waals surface area contributed by atoms with Crippen LogP contribution in [0.25, 0.3) is 11.6 Å². The lowest BCUT2D eigenvalue weighted by atomic mass is 10.0. The van der Waals surface area contributed by atoms with Crippen molar-refractivity contribution < 1.29 is 9.53 Å². The molecule has 1 heterocycles. The van der Waals surface area contributed by atoms with Crippen molar-refractivity contribution in [2.75, 3.05) is 11.9 Å². The number of carbonyl (C=O) groups excluding carboxylic acids is 1. The fourth-order valence-electron chi connectivity index (χ4n) is 2.50. The summed E-state index contributed by atoms with van der Waals surface area (Å²) in [6, 6.07) is 19.4. The summed E-state index contributed by atoms with van der Waals surface area (Å²) >= 11 is 0. The summed E-state index contributed by atoms with van der Waals surface area (Å²) in [5.74, 6) is -0.184. The summed E-state index contributed by atoms with van der Waals surface area (Å²) in [4.78, 5) is 12.9. The smallest absolute Gasteiger partial charge is 0.256 e. The Labute approximate surface area is 152 Å². The molecule has 1 N–H and O–H groups in total. The van der Waals surface area contributed by atoms with Gasteiger partial charge in [0.05, 0.1) is 18.1 Å². The minimum atomic E-state index is -0.184. The van der Waals surface area contributed by atoms with E-state index < -0.39 is 0 Å². The maximum atomic E-state index is 12.9. The number of amides is 1. The molecule has 0 saturated heterocycles. The topological polar surface area (TPSA) is 56.1 Å². The Balaban J connectivity index is 1.84. The first-order chi connectivity index (χ1) is 12.8. The highest BCUT2D eigenvalue weighted by Crippen LogP contribution is 2.20. The zero-order valence-electron chi connectivity index (χ0n) is 14.6. The van der Waals surface area contributed by atoms with Crippen molar-refractivity contribution in [3.8, 4) is 0 Å². The molecule has 0 atom stereocenters. The van der Waals surface area contributed by atoms with Gasteiger partial charge in [0, 0.05) is 12.2 Å². The van der Waals surface area contributed by atoms with Gasteiger partial charge in [0.25, 0.3) is 5.91 Å². The van der Waals surface area contributed by atoms with Crippen molar-refractivity contribution in [3.63, 3.8) is 0 Å². The van der Waals surface area contributed by atoms with Gasteiger partial charge < -0.3 is 10.1 Å². The third kappa shape index (κ3) is 4.68. The van der Waals surface area contributed by atoms with Gasteiger partial charge >= 0.3 is 0 Å². The molecule has 0 aliphatic rings.